The number of ether oxygens (including phenoxy) is 2. The largest absolute Gasteiger partial charge is 0.493 e. The molecule has 2 N–H and O–H groups in total. The Kier molecular flexibility index (Phi) is 4.98. The Balaban J connectivity index is 3.21. The van der Waals surface area contributed by atoms with Gasteiger partial charge in [0.1, 0.15) is 0 Å². The van der Waals surface area contributed by atoms with Crippen LogP contribution in [0.4, 0.5) is 0 Å². The summed E-state index contributed by atoms with van der Waals surface area (Å²) in [6.45, 7) is 2.37. The van der Waals surface area contributed by atoms with Gasteiger partial charge in [-0.15, -0.1) is 0 Å². The van der Waals surface area contributed by atoms with Crippen molar-refractivity contribution < 1.29 is 17.9 Å². The van der Waals surface area contributed by atoms with Crippen LogP contribution in [0.2, 0.25) is 0 Å². The van der Waals surface area contributed by atoms with E-state index in [9.17, 15) is 8.42 Å². The first kappa shape index (κ1) is 14.8. The molecule has 6 heteroatoms. The average molecular weight is 273 g/mol. The maximum Gasteiger partial charge on any atom is 0.161 e. The Morgan fingerprint density at radius 2 is 2.00 bits per heavy atom. The highest BCUT2D eigenvalue weighted by atomic mass is 32.2. The Morgan fingerprint density at radius 3 is 2.44 bits per heavy atom. The zero-order valence-corrected chi connectivity index (χ0v) is 11.7. The van der Waals surface area contributed by atoms with Crippen molar-refractivity contribution in [1.29, 1.82) is 0 Å². The van der Waals surface area contributed by atoms with Gasteiger partial charge in [0, 0.05) is 12.8 Å². The van der Waals surface area contributed by atoms with Crippen molar-refractivity contribution in [2.24, 2.45) is 5.73 Å². The lowest BCUT2D eigenvalue weighted by molar-refractivity contribution is 0.310. The molecule has 102 valence electrons. The van der Waals surface area contributed by atoms with Crippen molar-refractivity contribution in [3.05, 3.63) is 23.8 Å². The van der Waals surface area contributed by atoms with E-state index in [4.69, 9.17) is 15.2 Å². The van der Waals surface area contributed by atoms with E-state index in [0.29, 0.717) is 23.7 Å². The molecule has 1 rings (SSSR count). The van der Waals surface area contributed by atoms with Gasteiger partial charge in [0.05, 0.1) is 19.0 Å². The minimum Gasteiger partial charge on any atom is -0.493 e. The fourth-order valence-electron chi connectivity index (χ4n) is 1.72. The summed E-state index contributed by atoms with van der Waals surface area (Å²) in [4.78, 5) is 0. The van der Waals surface area contributed by atoms with Crippen LogP contribution in [-0.4, -0.2) is 34.9 Å². The summed E-state index contributed by atoms with van der Waals surface area (Å²) in [5, 5.41) is -0.720. The van der Waals surface area contributed by atoms with Gasteiger partial charge in [-0.1, -0.05) is 6.07 Å². The van der Waals surface area contributed by atoms with E-state index in [-0.39, 0.29) is 6.54 Å². The van der Waals surface area contributed by atoms with Crippen LogP contribution in [0.1, 0.15) is 17.7 Å². The van der Waals surface area contributed by atoms with Crippen molar-refractivity contribution in [3.8, 4) is 11.5 Å². The summed E-state index contributed by atoms with van der Waals surface area (Å²) in [6.07, 6.45) is 1.18. The van der Waals surface area contributed by atoms with Crippen LogP contribution < -0.4 is 15.2 Å². The molecule has 0 aliphatic carbocycles. The van der Waals surface area contributed by atoms with Gasteiger partial charge in [-0.25, -0.2) is 8.42 Å². The van der Waals surface area contributed by atoms with E-state index >= 15 is 0 Å². The van der Waals surface area contributed by atoms with Crippen molar-refractivity contribution in [3.63, 3.8) is 0 Å². The molecule has 0 spiro atoms. The molecule has 0 saturated heterocycles. The van der Waals surface area contributed by atoms with Crippen LogP contribution in [0.25, 0.3) is 0 Å². The van der Waals surface area contributed by atoms with Gasteiger partial charge in [-0.2, -0.15) is 0 Å². The van der Waals surface area contributed by atoms with Crippen molar-refractivity contribution >= 4 is 9.84 Å². The molecule has 0 aliphatic heterocycles. The molecule has 0 fully saturated rings. The predicted octanol–water partition coefficient (Wildman–Crippen LogP) is 1.14. The minimum atomic E-state index is -3.24. The quantitative estimate of drug-likeness (QED) is 0.840. The molecule has 0 bridgehead atoms. The van der Waals surface area contributed by atoms with Gasteiger partial charge in [0.15, 0.2) is 21.3 Å². The van der Waals surface area contributed by atoms with Crippen molar-refractivity contribution in [2.75, 3.05) is 26.5 Å². The molecule has 0 heterocycles. The summed E-state index contributed by atoms with van der Waals surface area (Å²) in [7, 11) is -1.70. The lowest BCUT2D eigenvalue weighted by atomic mass is 10.1. The van der Waals surface area contributed by atoms with Crippen LogP contribution in [-0.2, 0) is 9.84 Å². The monoisotopic (exact) mass is 273 g/mol. The second-order valence-corrected chi connectivity index (χ2v) is 6.13. The zero-order chi connectivity index (χ0) is 13.8. The number of nitrogens with two attached hydrogens (primary N) is 1. The van der Waals surface area contributed by atoms with Crippen LogP contribution in [0.5, 0.6) is 11.5 Å². The normalized spacial score (nSPS) is 13.1. The summed E-state index contributed by atoms with van der Waals surface area (Å²) in [5.41, 5.74) is 6.15. The highest BCUT2D eigenvalue weighted by molar-refractivity contribution is 7.91. The molecule has 0 aromatic heterocycles. The number of methoxy groups -OCH3 is 1. The van der Waals surface area contributed by atoms with E-state index in [1.807, 2.05) is 6.92 Å². The fraction of sp³-hybridized carbons (Fsp3) is 0.500. The van der Waals surface area contributed by atoms with E-state index in [1.54, 1.807) is 18.2 Å². The van der Waals surface area contributed by atoms with E-state index in [1.165, 1.54) is 13.4 Å². The van der Waals surface area contributed by atoms with Gasteiger partial charge >= 0.3 is 0 Å². The molecule has 0 aliphatic rings. The van der Waals surface area contributed by atoms with Crippen molar-refractivity contribution in [2.45, 2.75) is 12.2 Å². The number of rotatable bonds is 6. The average Bonchev–Trinajstić information content (AvgIpc) is 2.29. The molecule has 0 amide bonds. The van der Waals surface area contributed by atoms with Crippen LogP contribution in [0, 0.1) is 0 Å². The first-order valence-corrected chi connectivity index (χ1v) is 7.59. The lowest BCUT2D eigenvalue weighted by Crippen LogP contribution is -2.21. The molecule has 0 saturated carbocycles. The Morgan fingerprint density at radius 1 is 1.33 bits per heavy atom. The third-order valence-corrected chi connectivity index (χ3v) is 4.09. The van der Waals surface area contributed by atoms with Crippen molar-refractivity contribution in [1.82, 2.24) is 0 Å². The summed E-state index contributed by atoms with van der Waals surface area (Å²) < 4.78 is 33.8. The summed E-state index contributed by atoms with van der Waals surface area (Å²) >= 11 is 0. The molecule has 1 atom stereocenters. The maximum atomic E-state index is 11.6. The fourth-order valence-corrected chi connectivity index (χ4v) is 2.71. The minimum absolute atomic E-state index is 0.0384. The topological polar surface area (TPSA) is 78.6 Å². The molecule has 18 heavy (non-hydrogen) atoms. The molecule has 5 nitrogen and oxygen atoms in total. The first-order valence-electron chi connectivity index (χ1n) is 5.63. The lowest BCUT2D eigenvalue weighted by Gasteiger charge is -2.16. The van der Waals surface area contributed by atoms with Gasteiger partial charge in [-0.3, -0.25) is 0 Å². The summed E-state index contributed by atoms with van der Waals surface area (Å²) in [6, 6.07) is 5.05. The zero-order valence-electron chi connectivity index (χ0n) is 10.8. The second kappa shape index (κ2) is 6.06. The predicted molar refractivity (Wildman–Crippen MR) is 70.8 cm³/mol. The number of hydrogen-bond acceptors (Lipinski definition) is 5. The third kappa shape index (κ3) is 3.36. The molecule has 1 aromatic carbocycles. The second-order valence-electron chi connectivity index (χ2n) is 3.90. The smallest absolute Gasteiger partial charge is 0.161 e. The number of sulfone groups is 1. The Bertz CT molecular complexity index is 499. The molecule has 1 aromatic rings. The highest BCUT2D eigenvalue weighted by Crippen LogP contribution is 2.32. The summed E-state index contributed by atoms with van der Waals surface area (Å²) in [5.74, 6) is 1.10. The van der Waals surface area contributed by atoms with Gasteiger partial charge < -0.3 is 15.2 Å². The Labute approximate surface area is 108 Å². The SMILES string of the molecule is CCOc1cc(C(CN)S(C)(=O)=O)ccc1OC. The van der Waals surface area contributed by atoms with Crippen LogP contribution in [0.15, 0.2) is 18.2 Å². The molecule has 0 radical (unpaired) electrons. The third-order valence-electron chi connectivity index (χ3n) is 2.59. The molecular formula is C12H19NO4S. The van der Waals surface area contributed by atoms with Crippen LogP contribution >= 0.6 is 0 Å². The van der Waals surface area contributed by atoms with E-state index in [0.717, 1.165) is 0 Å². The van der Waals surface area contributed by atoms with Gasteiger partial charge in [-0.05, 0) is 24.6 Å². The van der Waals surface area contributed by atoms with Gasteiger partial charge in [0.2, 0.25) is 0 Å². The van der Waals surface area contributed by atoms with Crippen LogP contribution in [0.3, 0.4) is 0 Å². The Hall–Kier alpha value is -1.27. The van der Waals surface area contributed by atoms with Gasteiger partial charge in [0.25, 0.3) is 0 Å². The van der Waals surface area contributed by atoms with E-state index in [2.05, 4.69) is 0 Å². The molecular weight excluding hydrogens is 254 g/mol. The first-order chi connectivity index (χ1) is 8.43. The van der Waals surface area contributed by atoms with E-state index < -0.39 is 15.1 Å². The standard InChI is InChI=1S/C12H19NO4S/c1-4-17-11-7-9(5-6-10(11)16-2)12(8-13)18(3,14)15/h5-7,12H,4,8,13H2,1-3H3. The highest BCUT2D eigenvalue weighted by Gasteiger charge is 2.22. The maximum absolute atomic E-state index is 11.6. The number of hydrogen-bond donors (Lipinski definition) is 1. The molecule has 1 unspecified atom stereocenters. The number of benzene rings is 1.